The van der Waals surface area contributed by atoms with Crippen molar-refractivity contribution in [3.8, 4) is 0 Å². The van der Waals surface area contributed by atoms with E-state index in [1.165, 1.54) is 6.92 Å². The quantitative estimate of drug-likeness (QED) is 0.714. The maximum absolute atomic E-state index is 12.2. The van der Waals surface area contributed by atoms with Gasteiger partial charge in [0.15, 0.2) is 5.69 Å². The van der Waals surface area contributed by atoms with Crippen molar-refractivity contribution in [2.45, 2.75) is 19.1 Å². The molecule has 0 unspecified atom stereocenters. The smallest absolute Gasteiger partial charge is 0.435 e. The number of nitrogens with zero attached hydrogens (tertiary/aromatic N) is 2. The Kier molecular flexibility index (Phi) is 3.01. The number of rotatable bonds is 2. The van der Waals surface area contributed by atoms with Crippen LogP contribution in [0.2, 0.25) is 0 Å². The van der Waals surface area contributed by atoms with Gasteiger partial charge >= 0.3 is 12.1 Å². The molecule has 0 amide bonds. The van der Waals surface area contributed by atoms with Crippen LogP contribution >= 0.6 is 0 Å². The Morgan fingerprint density at radius 3 is 2.60 bits per heavy atom. The summed E-state index contributed by atoms with van der Waals surface area (Å²) in [5.74, 6) is -0.646. The molecule has 1 heterocycles. The highest BCUT2D eigenvalue weighted by atomic mass is 19.4. The molecule has 84 valence electrons. The fraction of sp³-hybridized carbons (Fsp3) is 0.500. The van der Waals surface area contributed by atoms with Crippen LogP contribution in [-0.2, 0) is 15.7 Å². The lowest BCUT2D eigenvalue weighted by Gasteiger charge is -2.09. The van der Waals surface area contributed by atoms with Crippen LogP contribution in [0.4, 0.5) is 13.2 Å². The highest BCUT2D eigenvalue weighted by molar-refractivity contribution is 5.73. The van der Waals surface area contributed by atoms with E-state index < -0.39 is 23.9 Å². The second kappa shape index (κ2) is 3.92. The lowest BCUT2D eigenvalue weighted by molar-refractivity contribution is -0.146. The molecule has 0 aliphatic heterocycles. The van der Waals surface area contributed by atoms with E-state index in [2.05, 4.69) is 9.84 Å². The van der Waals surface area contributed by atoms with Gasteiger partial charge in [0.05, 0.1) is 7.11 Å². The fourth-order valence-corrected chi connectivity index (χ4v) is 0.983. The minimum absolute atomic E-state index is 0.646. The molecule has 0 aromatic carbocycles. The third-order valence-electron chi connectivity index (χ3n) is 1.84. The molecule has 0 N–H and O–H groups in total. The molecular weight excluding hydrogens is 213 g/mol. The van der Waals surface area contributed by atoms with Crippen molar-refractivity contribution in [1.29, 1.82) is 0 Å². The summed E-state index contributed by atoms with van der Waals surface area (Å²) in [5, 5.41) is 3.24. The van der Waals surface area contributed by atoms with Crippen LogP contribution in [0.15, 0.2) is 12.3 Å². The third-order valence-corrected chi connectivity index (χ3v) is 1.84. The van der Waals surface area contributed by atoms with Crippen LogP contribution in [0.25, 0.3) is 0 Å². The van der Waals surface area contributed by atoms with Gasteiger partial charge in [0.2, 0.25) is 0 Å². The number of hydrogen-bond donors (Lipinski definition) is 0. The number of hydrogen-bond acceptors (Lipinski definition) is 3. The maximum atomic E-state index is 12.2. The Hall–Kier alpha value is -1.53. The van der Waals surface area contributed by atoms with Crippen LogP contribution < -0.4 is 0 Å². The Bertz CT molecular complexity index is 359. The Morgan fingerprint density at radius 1 is 1.60 bits per heavy atom. The highest BCUT2D eigenvalue weighted by Gasteiger charge is 2.34. The maximum Gasteiger partial charge on any atom is 0.435 e. The number of alkyl halides is 3. The van der Waals surface area contributed by atoms with Crippen molar-refractivity contribution < 1.29 is 22.7 Å². The molecule has 0 radical (unpaired) electrons. The summed E-state index contributed by atoms with van der Waals surface area (Å²) in [6.45, 7) is 1.40. The normalized spacial score (nSPS) is 13.7. The standard InChI is InChI=1S/C8H9F3N2O2/c1-5(7(14)15-2)13-4-3-6(12-13)8(9,10)11/h3-5H,1-2H3/t5-/m0/s1. The van der Waals surface area contributed by atoms with Crippen LogP contribution in [0.5, 0.6) is 0 Å². The predicted molar refractivity (Wildman–Crippen MR) is 44.0 cm³/mol. The second-order valence-electron chi connectivity index (χ2n) is 2.88. The monoisotopic (exact) mass is 222 g/mol. The zero-order valence-electron chi connectivity index (χ0n) is 8.08. The summed E-state index contributed by atoms with van der Waals surface area (Å²) in [7, 11) is 1.16. The molecule has 0 saturated heterocycles. The predicted octanol–water partition coefficient (Wildman–Crippen LogP) is 1.64. The first kappa shape index (κ1) is 11.5. The van der Waals surface area contributed by atoms with E-state index in [1.54, 1.807) is 0 Å². The van der Waals surface area contributed by atoms with E-state index >= 15 is 0 Å². The molecule has 0 bridgehead atoms. The van der Waals surface area contributed by atoms with Crippen LogP contribution in [-0.4, -0.2) is 22.9 Å². The van der Waals surface area contributed by atoms with Gasteiger partial charge in [-0.1, -0.05) is 0 Å². The molecular formula is C8H9F3N2O2. The molecule has 1 atom stereocenters. The average Bonchev–Trinajstić information content (AvgIpc) is 2.63. The van der Waals surface area contributed by atoms with Gasteiger partial charge in [0, 0.05) is 6.20 Å². The number of ether oxygens (including phenoxy) is 1. The van der Waals surface area contributed by atoms with Gasteiger partial charge < -0.3 is 4.74 Å². The van der Waals surface area contributed by atoms with E-state index in [1.807, 2.05) is 0 Å². The van der Waals surface area contributed by atoms with Crippen LogP contribution in [0, 0.1) is 0 Å². The number of aromatic nitrogens is 2. The van der Waals surface area contributed by atoms with Crippen molar-refractivity contribution in [3.63, 3.8) is 0 Å². The second-order valence-corrected chi connectivity index (χ2v) is 2.88. The number of halogens is 3. The van der Waals surface area contributed by atoms with E-state index in [4.69, 9.17) is 0 Å². The topological polar surface area (TPSA) is 44.1 Å². The van der Waals surface area contributed by atoms with E-state index in [-0.39, 0.29) is 0 Å². The molecule has 0 aliphatic carbocycles. The molecule has 0 saturated carbocycles. The average molecular weight is 222 g/mol. The summed E-state index contributed by atoms with van der Waals surface area (Å²) in [6, 6.07) is -0.0644. The zero-order chi connectivity index (χ0) is 11.6. The van der Waals surface area contributed by atoms with Crippen LogP contribution in [0.3, 0.4) is 0 Å². The molecule has 1 aromatic rings. The summed E-state index contributed by atoms with van der Waals surface area (Å²) < 4.78 is 41.8. The van der Waals surface area contributed by atoms with E-state index in [9.17, 15) is 18.0 Å². The van der Waals surface area contributed by atoms with Crippen LogP contribution in [0.1, 0.15) is 18.7 Å². The van der Waals surface area contributed by atoms with Gasteiger partial charge in [-0.3, -0.25) is 4.68 Å². The number of methoxy groups -OCH3 is 1. The number of carbonyl (C=O) groups is 1. The fourth-order valence-electron chi connectivity index (χ4n) is 0.983. The minimum atomic E-state index is -4.50. The summed E-state index contributed by atoms with van der Waals surface area (Å²) in [4.78, 5) is 11.0. The van der Waals surface area contributed by atoms with Gasteiger partial charge in [-0.05, 0) is 13.0 Å². The number of esters is 1. The van der Waals surface area contributed by atoms with E-state index in [0.717, 1.165) is 24.1 Å². The largest absolute Gasteiger partial charge is 0.467 e. The molecule has 0 fully saturated rings. The van der Waals surface area contributed by atoms with Gasteiger partial charge in [-0.25, -0.2) is 4.79 Å². The first-order valence-electron chi connectivity index (χ1n) is 4.06. The first-order chi connectivity index (χ1) is 6.86. The van der Waals surface area contributed by atoms with Gasteiger partial charge in [-0.2, -0.15) is 18.3 Å². The SMILES string of the molecule is COC(=O)[C@H](C)n1ccc(C(F)(F)F)n1. The molecule has 7 heteroatoms. The van der Waals surface area contributed by atoms with E-state index in [0.29, 0.717) is 0 Å². The number of carbonyl (C=O) groups excluding carboxylic acids is 1. The molecule has 0 aliphatic rings. The summed E-state index contributed by atoms with van der Waals surface area (Å²) in [5.41, 5.74) is -1.03. The molecule has 1 rings (SSSR count). The Morgan fingerprint density at radius 2 is 2.20 bits per heavy atom. The van der Waals surface area contributed by atoms with Crippen molar-refractivity contribution >= 4 is 5.97 Å². The van der Waals surface area contributed by atoms with Crippen molar-refractivity contribution in [3.05, 3.63) is 18.0 Å². The molecule has 4 nitrogen and oxygen atoms in total. The van der Waals surface area contributed by atoms with Crippen molar-refractivity contribution in [1.82, 2.24) is 9.78 Å². The Balaban J connectivity index is 2.89. The lowest BCUT2D eigenvalue weighted by Crippen LogP contribution is -2.19. The molecule has 0 spiro atoms. The molecule has 1 aromatic heterocycles. The van der Waals surface area contributed by atoms with Crippen molar-refractivity contribution in [2.75, 3.05) is 7.11 Å². The van der Waals surface area contributed by atoms with Gasteiger partial charge in [0.25, 0.3) is 0 Å². The Labute approximate surface area is 83.6 Å². The van der Waals surface area contributed by atoms with Gasteiger partial charge in [-0.15, -0.1) is 0 Å². The summed E-state index contributed by atoms with van der Waals surface area (Å²) in [6.07, 6.45) is -3.41. The minimum Gasteiger partial charge on any atom is -0.467 e. The molecule has 15 heavy (non-hydrogen) atoms. The first-order valence-corrected chi connectivity index (χ1v) is 4.06. The highest BCUT2D eigenvalue weighted by Crippen LogP contribution is 2.27. The lowest BCUT2D eigenvalue weighted by atomic mass is 10.3. The van der Waals surface area contributed by atoms with Gasteiger partial charge in [0.1, 0.15) is 6.04 Å². The zero-order valence-corrected chi connectivity index (χ0v) is 8.08. The van der Waals surface area contributed by atoms with Crippen molar-refractivity contribution in [2.24, 2.45) is 0 Å². The third kappa shape index (κ3) is 2.48. The summed E-state index contributed by atoms with van der Waals surface area (Å²) >= 11 is 0.